The van der Waals surface area contributed by atoms with Gasteiger partial charge in [0.1, 0.15) is 5.82 Å². The van der Waals surface area contributed by atoms with Crippen molar-refractivity contribution in [2.24, 2.45) is 10.7 Å². The number of allylic oxidation sites excluding steroid dienone is 6. The average Bonchev–Trinajstić information content (AvgIpc) is 2.93. The van der Waals surface area contributed by atoms with Crippen LogP contribution in [0.15, 0.2) is 65.9 Å². The molecule has 0 aliphatic heterocycles. The Kier molecular flexibility index (Phi) is 7.77. The summed E-state index contributed by atoms with van der Waals surface area (Å²) in [5.74, 6) is 0.922. The summed E-state index contributed by atoms with van der Waals surface area (Å²) in [7, 11) is 0. The lowest BCUT2D eigenvalue weighted by Gasteiger charge is -1.94. The fraction of sp³-hybridized carbons (Fsp3) is 0.235. The number of H-pyrrole nitrogens is 1. The fourth-order valence-electron chi connectivity index (χ4n) is 1.69. The minimum Gasteiger partial charge on any atom is -0.346 e. The predicted octanol–water partition coefficient (Wildman–Crippen LogP) is 3.85. The number of aromatic nitrogens is 1. The molecule has 0 aliphatic rings. The molecule has 3 N–H and O–H groups in total. The van der Waals surface area contributed by atoms with Gasteiger partial charge in [-0.25, -0.2) is 4.99 Å². The lowest BCUT2D eigenvalue weighted by Crippen LogP contribution is -1.95. The molecule has 0 atom stereocenters. The number of hydrogen-bond donors (Lipinski definition) is 2. The minimum absolute atomic E-state index is 0.649. The van der Waals surface area contributed by atoms with Gasteiger partial charge in [-0.05, 0) is 42.7 Å². The second kappa shape index (κ2) is 9.75. The Labute approximate surface area is 121 Å². The van der Waals surface area contributed by atoms with Crippen LogP contribution in [0.5, 0.6) is 0 Å². The van der Waals surface area contributed by atoms with Gasteiger partial charge in [-0.15, -0.1) is 0 Å². The van der Waals surface area contributed by atoms with Gasteiger partial charge in [0.25, 0.3) is 0 Å². The van der Waals surface area contributed by atoms with Crippen molar-refractivity contribution in [3.05, 3.63) is 66.4 Å². The Balaban J connectivity index is 2.68. The highest BCUT2D eigenvalue weighted by Gasteiger charge is 1.96. The quantitative estimate of drug-likeness (QED) is 0.546. The zero-order chi connectivity index (χ0) is 14.6. The Morgan fingerprint density at radius 1 is 1.40 bits per heavy atom. The van der Waals surface area contributed by atoms with Crippen molar-refractivity contribution in [2.45, 2.75) is 19.8 Å². The van der Waals surface area contributed by atoms with Crippen LogP contribution < -0.4 is 5.73 Å². The van der Waals surface area contributed by atoms with E-state index in [9.17, 15) is 0 Å². The van der Waals surface area contributed by atoms with Crippen molar-refractivity contribution in [1.82, 2.24) is 4.98 Å². The maximum Gasteiger partial charge on any atom is 0.133 e. The molecule has 0 saturated carbocycles. The molecular formula is C17H23N3. The van der Waals surface area contributed by atoms with Crippen LogP contribution in [0.3, 0.4) is 0 Å². The van der Waals surface area contributed by atoms with Crippen molar-refractivity contribution >= 4 is 12.0 Å². The predicted molar refractivity (Wildman–Crippen MR) is 88.6 cm³/mol. The molecule has 1 aromatic rings. The largest absolute Gasteiger partial charge is 0.346 e. The number of nitrogens with two attached hydrogens (primary N) is 1. The Bertz CT molecular complexity index is 516. The topological polar surface area (TPSA) is 54.2 Å². The third-order valence-corrected chi connectivity index (χ3v) is 2.74. The van der Waals surface area contributed by atoms with E-state index in [1.807, 2.05) is 30.5 Å². The molecule has 3 heteroatoms. The lowest BCUT2D eigenvalue weighted by molar-refractivity contribution is 1.00. The van der Waals surface area contributed by atoms with Crippen molar-refractivity contribution in [2.75, 3.05) is 6.54 Å². The molecule has 1 rings (SSSR count). The van der Waals surface area contributed by atoms with Gasteiger partial charge in [-0.2, -0.15) is 0 Å². The van der Waals surface area contributed by atoms with Gasteiger partial charge >= 0.3 is 0 Å². The molecule has 0 fully saturated rings. The Morgan fingerprint density at radius 2 is 2.20 bits per heavy atom. The van der Waals surface area contributed by atoms with Gasteiger partial charge in [0.05, 0.1) is 0 Å². The number of aromatic amines is 1. The summed E-state index contributed by atoms with van der Waals surface area (Å²) >= 11 is 0. The Morgan fingerprint density at radius 3 is 2.90 bits per heavy atom. The Hall–Kier alpha value is -2.13. The molecule has 1 heterocycles. The van der Waals surface area contributed by atoms with E-state index in [2.05, 4.69) is 35.6 Å². The van der Waals surface area contributed by atoms with E-state index < -0.39 is 0 Å². The van der Waals surface area contributed by atoms with Crippen molar-refractivity contribution < 1.29 is 0 Å². The molecule has 0 aromatic carbocycles. The number of rotatable bonds is 8. The van der Waals surface area contributed by atoms with Gasteiger partial charge in [-0.1, -0.05) is 43.9 Å². The summed E-state index contributed by atoms with van der Waals surface area (Å²) in [6.07, 6.45) is 17.2. The molecule has 0 amide bonds. The van der Waals surface area contributed by atoms with E-state index in [1.165, 1.54) is 5.56 Å². The van der Waals surface area contributed by atoms with Crippen LogP contribution in [0.4, 0.5) is 5.82 Å². The standard InChI is InChI=1S/C17H23N3/c1-3-5-8-15(9-6-12-18)10-7-13-19-17-16(4-2)11-14-20-17/h3,5,7-11,13-14,20H,1,4,6,12,18H2,2H3/b8-5-,10-7+,15-9+,19-13-. The van der Waals surface area contributed by atoms with E-state index >= 15 is 0 Å². The SMILES string of the molecule is C=C\C=C/C(/C=C/C=N\c1[nH]ccc1CC)=C\CCN. The molecule has 3 nitrogen and oxygen atoms in total. The maximum atomic E-state index is 5.51. The van der Waals surface area contributed by atoms with Gasteiger partial charge in [0.2, 0.25) is 0 Å². The molecule has 106 valence electrons. The van der Waals surface area contributed by atoms with Crippen molar-refractivity contribution in [3.63, 3.8) is 0 Å². The molecule has 20 heavy (non-hydrogen) atoms. The van der Waals surface area contributed by atoms with E-state index in [-0.39, 0.29) is 0 Å². The summed E-state index contributed by atoms with van der Waals surface area (Å²) in [5, 5.41) is 0. The van der Waals surface area contributed by atoms with Crippen LogP contribution in [0.2, 0.25) is 0 Å². The lowest BCUT2D eigenvalue weighted by atomic mass is 10.2. The van der Waals surface area contributed by atoms with E-state index in [0.717, 1.165) is 24.2 Å². The first kappa shape index (κ1) is 15.9. The van der Waals surface area contributed by atoms with Crippen LogP contribution in [-0.2, 0) is 6.42 Å². The summed E-state index contributed by atoms with van der Waals surface area (Å²) < 4.78 is 0. The highest BCUT2D eigenvalue weighted by atomic mass is 14.9. The summed E-state index contributed by atoms with van der Waals surface area (Å²) in [4.78, 5) is 7.53. The van der Waals surface area contributed by atoms with Gasteiger partial charge in [0.15, 0.2) is 0 Å². The molecule has 0 saturated heterocycles. The van der Waals surface area contributed by atoms with E-state index in [1.54, 1.807) is 12.3 Å². The molecule has 0 spiro atoms. The summed E-state index contributed by atoms with van der Waals surface area (Å²) in [6.45, 7) is 6.43. The van der Waals surface area contributed by atoms with Crippen LogP contribution >= 0.6 is 0 Å². The molecule has 0 bridgehead atoms. The third-order valence-electron chi connectivity index (χ3n) is 2.74. The van der Waals surface area contributed by atoms with Crippen LogP contribution in [0, 0.1) is 0 Å². The van der Waals surface area contributed by atoms with Gasteiger partial charge in [-0.3, -0.25) is 0 Å². The van der Waals surface area contributed by atoms with Crippen LogP contribution in [0.1, 0.15) is 18.9 Å². The van der Waals surface area contributed by atoms with Gasteiger partial charge < -0.3 is 10.7 Å². The fourth-order valence-corrected chi connectivity index (χ4v) is 1.69. The molecule has 1 aromatic heterocycles. The normalized spacial score (nSPS) is 13.0. The first-order valence-electron chi connectivity index (χ1n) is 6.88. The first-order valence-corrected chi connectivity index (χ1v) is 6.88. The average molecular weight is 269 g/mol. The van der Waals surface area contributed by atoms with Gasteiger partial charge in [0, 0.05) is 12.4 Å². The monoisotopic (exact) mass is 269 g/mol. The van der Waals surface area contributed by atoms with Crippen LogP contribution in [-0.4, -0.2) is 17.7 Å². The zero-order valence-electron chi connectivity index (χ0n) is 12.0. The first-order chi connectivity index (χ1) is 9.81. The highest BCUT2D eigenvalue weighted by Crippen LogP contribution is 2.16. The minimum atomic E-state index is 0.649. The second-order valence-electron chi connectivity index (χ2n) is 4.22. The van der Waals surface area contributed by atoms with E-state index in [4.69, 9.17) is 5.73 Å². The highest BCUT2D eigenvalue weighted by molar-refractivity contribution is 5.75. The smallest absolute Gasteiger partial charge is 0.133 e. The molecule has 0 radical (unpaired) electrons. The van der Waals surface area contributed by atoms with Crippen molar-refractivity contribution in [3.8, 4) is 0 Å². The zero-order valence-corrected chi connectivity index (χ0v) is 12.0. The summed E-state index contributed by atoms with van der Waals surface area (Å²) in [6, 6.07) is 2.05. The van der Waals surface area contributed by atoms with E-state index in [0.29, 0.717) is 6.54 Å². The van der Waals surface area contributed by atoms with Crippen molar-refractivity contribution in [1.29, 1.82) is 0 Å². The molecule has 0 unspecified atom stereocenters. The number of hydrogen-bond acceptors (Lipinski definition) is 2. The number of nitrogens with zero attached hydrogens (tertiary/aromatic N) is 1. The number of nitrogens with one attached hydrogen (secondary N) is 1. The van der Waals surface area contributed by atoms with Crippen LogP contribution in [0.25, 0.3) is 0 Å². The second-order valence-corrected chi connectivity index (χ2v) is 4.22. The molecule has 0 aliphatic carbocycles. The molecular weight excluding hydrogens is 246 g/mol. The number of aliphatic imine (C=N–C) groups is 1. The number of aryl methyl sites for hydroxylation is 1. The maximum absolute atomic E-state index is 5.51. The third kappa shape index (κ3) is 5.67. The summed E-state index contributed by atoms with van der Waals surface area (Å²) in [5.41, 5.74) is 7.84.